The molecular weight excluding hydrogens is 506 g/mol. The lowest BCUT2D eigenvalue weighted by Gasteiger charge is -2.29. The molecule has 0 spiro atoms. The average molecular weight is 532 g/mol. The van der Waals surface area contributed by atoms with Gasteiger partial charge < -0.3 is 24.8 Å². The zero-order chi connectivity index (χ0) is 26.6. The van der Waals surface area contributed by atoms with Crippen molar-refractivity contribution in [3.63, 3.8) is 0 Å². The number of halogens is 1. The summed E-state index contributed by atoms with van der Waals surface area (Å²) in [5.74, 6) is 1.98. The van der Waals surface area contributed by atoms with Crippen molar-refractivity contribution in [2.75, 3.05) is 24.9 Å². The molecule has 1 aromatic heterocycles. The lowest BCUT2D eigenvalue weighted by Crippen LogP contribution is -2.31. The van der Waals surface area contributed by atoms with Gasteiger partial charge in [-0.05, 0) is 54.4 Å². The Morgan fingerprint density at radius 2 is 1.87 bits per heavy atom. The number of nitrogens with one attached hydrogen (secondary N) is 2. The molecule has 1 atom stereocenters. The van der Waals surface area contributed by atoms with Crippen molar-refractivity contribution in [1.29, 1.82) is 0 Å². The first-order chi connectivity index (χ1) is 18.5. The molecule has 0 saturated carbocycles. The molecule has 194 valence electrons. The van der Waals surface area contributed by atoms with Crippen molar-refractivity contribution in [3.8, 4) is 17.2 Å². The molecule has 10 heteroatoms. The van der Waals surface area contributed by atoms with Gasteiger partial charge in [-0.2, -0.15) is 10.1 Å². The molecule has 5 rings (SSSR count). The second-order valence-electron chi connectivity index (χ2n) is 8.60. The van der Waals surface area contributed by atoms with Gasteiger partial charge in [-0.3, -0.25) is 4.79 Å². The van der Waals surface area contributed by atoms with Gasteiger partial charge in [0.2, 0.25) is 5.95 Å². The number of carbonyl (C=O) groups excluding carboxylic acids is 1. The summed E-state index contributed by atoms with van der Waals surface area (Å²) in [5, 5.41) is 11.2. The minimum absolute atomic E-state index is 0.319. The molecule has 3 aromatic carbocycles. The number of nitrogens with zero attached hydrogens (tertiary/aromatic N) is 3. The zero-order valence-corrected chi connectivity index (χ0v) is 21.8. The molecule has 1 amide bonds. The fourth-order valence-electron chi connectivity index (χ4n) is 4.32. The van der Waals surface area contributed by atoms with Gasteiger partial charge >= 0.3 is 0 Å². The van der Waals surface area contributed by atoms with Crippen LogP contribution in [0.5, 0.6) is 17.2 Å². The van der Waals surface area contributed by atoms with E-state index < -0.39 is 6.04 Å². The van der Waals surface area contributed by atoms with Crippen LogP contribution < -0.4 is 24.8 Å². The number of amides is 1. The summed E-state index contributed by atoms with van der Waals surface area (Å²) >= 11 is 5.99. The van der Waals surface area contributed by atoms with Crippen LogP contribution in [0.1, 0.15) is 24.1 Å². The smallest absolute Gasteiger partial charge is 0.255 e. The number of rotatable bonds is 8. The number of ether oxygens (including phenoxy) is 3. The Hall–Kier alpha value is -4.50. The highest BCUT2D eigenvalue weighted by atomic mass is 35.5. The number of allylic oxidation sites excluding steroid dienone is 1. The van der Waals surface area contributed by atoms with Crippen LogP contribution in [-0.2, 0) is 11.4 Å². The molecule has 0 radical (unpaired) electrons. The van der Waals surface area contributed by atoms with Crippen LogP contribution >= 0.6 is 11.6 Å². The fourth-order valence-corrected chi connectivity index (χ4v) is 4.44. The Kier molecular flexibility index (Phi) is 7.19. The Bertz CT molecular complexity index is 1500. The number of fused-ring (bicyclic) bond motifs is 1. The van der Waals surface area contributed by atoms with E-state index in [1.807, 2.05) is 55.5 Å². The number of hydrogen-bond donors (Lipinski definition) is 2. The predicted octanol–water partition coefficient (Wildman–Crippen LogP) is 5.46. The van der Waals surface area contributed by atoms with Crippen molar-refractivity contribution in [3.05, 3.63) is 100 Å². The SMILES string of the molecule is COc1ccc(OC)c(NC(=O)C2=C(C)Nc3ncnn3C2c2cccc(OCc3ccc(Cl)cc3)c2)c1. The van der Waals surface area contributed by atoms with Gasteiger partial charge in [0.25, 0.3) is 5.91 Å². The average Bonchev–Trinajstić information content (AvgIpc) is 3.40. The molecule has 2 N–H and O–H groups in total. The Balaban J connectivity index is 1.47. The van der Waals surface area contributed by atoms with Crippen molar-refractivity contribution < 1.29 is 19.0 Å². The van der Waals surface area contributed by atoms with Crippen molar-refractivity contribution in [2.45, 2.75) is 19.6 Å². The molecule has 2 heterocycles. The minimum atomic E-state index is -0.551. The van der Waals surface area contributed by atoms with E-state index >= 15 is 0 Å². The third-order valence-electron chi connectivity index (χ3n) is 6.19. The minimum Gasteiger partial charge on any atom is -0.497 e. The summed E-state index contributed by atoms with van der Waals surface area (Å²) in [6, 6.07) is 19.8. The number of carbonyl (C=O) groups is 1. The molecule has 4 aromatic rings. The quantitative estimate of drug-likeness (QED) is 0.311. The van der Waals surface area contributed by atoms with Crippen LogP contribution in [0.4, 0.5) is 11.6 Å². The van der Waals surface area contributed by atoms with Gasteiger partial charge in [0.05, 0.1) is 25.5 Å². The van der Waals surface area contributed by atoms with Crippen molar-refractivity contribution in [2.24, 2.45) is 0 Å². The van der Waals surface area contributed by atoms with Crippen LogP contribution in [0.25, 0.3) is 0 Å². The lowest BCUT2D eigenvalue weighted by molar-refractivity contribution is -0.113. The normalized spacial score (nSPS) is 14.4. The second-order valence-corrected chi connectivity index (χ2v) is 9.04. The van der Waals surface area contributed by atoms with Crippen LogP contribution in [0.15, 0.2) is 84.3 Å². The van der Waals surface area contributed by atoms with E-state index in [2.05, 4.69) is 20.7 Å². The van der Waals surface area contributed by atoms with E-state index in [1.165, 1.54) is 6.33 Å². The highest BCUT2D eigenvalue weighted by Gasteiger charge is 2.34. The Morgan fingerprint density at radius 3 is 2.63 bits per heavy atom. The molecule has 0 bridgehead atoms. The van der Waals surface area contributed by atoms with Crippen LogP contribution in [0, 0.1) is 0 Å². The van der Waals surface area contributed by atoms with Crippen LogP contribution in [0.2, 0.25) is 5.02 Å². The number of aromatic nitrogens is 3. The van der Waals surface area contributed by atoms with E-state index in [9.17, 15) is 4.79 Å². The maximum atomic E-state index is 13.8. The first-order valence-corrected chi connectivity index (χ1v) is 12.2. The third kappa shape index (κ3) is 5.14. The number of methoxy groups -OCH3 is 2. The Morgan fingerprint density at radius 1 is 1.05 bits per heavy atom. The van der Waals surface area contributed by atoms with Gasteiger partial charge in [-0.15, -0.1) is 0 Å². The largest absolute Gasteiger partial charge is 0.497 e. The van der Waals surface area contributed by atoms with Gasteiger partial charge in [0.1, 0.15) is 36.2 Å². The highest BCUT2D eigenvalue weighted by Crippen LogP contribution is 2.37. The maximum absolute atomic E-state index is 13.8. The first kappa shape index (κ1) is 25.2. The fraction of sp³-hybridized carbons (Fsp3) is 0.179. The van der Waals surface area contributed by atoms with Gasteiger partial charge in [0.15, 0.2) is 0 Å². The van der Waals surface area contributed by atoms with Crippen molar-refractivity contribution >= 4 is 29.1 Å². The van der Waals surface area contributed by atoms with Gasteiger partial charge in [-0.25, -0.2) is 4.68 Å². The van der Waals surface area contributed by atoms with E-state index in [0.717, 1.165) is 11.1 Å². The third-order valence-corrected chi connectivity index (χ3v) is 6.44. The first-order valence-electron chi connectivity index (χ1n) is 11.8. The monoisotopic (exact) mass is 531 g/mol. The van der Waals surface area contributed by atoms with Crippen LogP contribution in [-0.4, -0.2) is 34.9 Å². The summed E-state index contributed by atoms with van der Waals surface area (Å²) in [6.07, 6.45) is 1.45. The molecule has 1 unspecified atom stereocenters. The molecular formula is C28H26ClN5O4. The molecule has 9 nitrogen and oxygen atoms in total. The number of benzene rings is 3. The van der Waals surface area contributed by atoms with E-state index in [1.54, 1.807) is 37.1 Å². The topological polar surface area (TPSA) is 99.5 Å². The zero-order valence-electron chi connectivity index (χ0n) is 21.1. The molecule has 1 aliphatic heterocycles. The lowest BCUT2D eigenvalue weighted by atomic mass is 9.94. The summed E-state index contributed by atoms with van der Waals surface area (Å²) in [4.78, 5) is 18.1. The van der Waals surface area contributed by atoms with Gasteiger partial charge in [0, 0.05) is 16.8 Å². The number of anilines is 2. The molecule has 0 fully saturated rings. The summed E-state index contributed by atoms with van der Waals surface area (Å²) in [5.41, 5.74) is 3.42. The standard InChI is InChI=1S/C28H26ClN5O4/c1-17-25(27(35)33-23-14-21(36-2)11-12-24(23)37-3)26(34-28(32-17)30-16-31-34)19-5-4-6-22(13-19)38-15-18-7-9-20(29)10-8-18/h4-14,16,26H,15H2,1-3H3,(H,33,35)(H,30,31,32). The molecule has 0 saturated heterocycles. The van der Waals surface area contributed by atoms with Crippen LogP contribution in [0.3, 0.4) is 0 Å². The van der Waals surface area contributed by atoms with E-state index in [4.69, 9.17) is 25.8 Å². The number of hydrogen-bond acceptors (Lipinski definition) is 7. The van der Waals surface area contributed by atoms with E-state index in [0.29, 0.717) is 51.8 Å². The summed E-state index contributed by atoms with van der Waals surface area (Å²) < 4.78 is 18.5. The molecule has 38 heavy (non-hydrogen) atoms. The van der Waals surface area contributed by atoms with E-state index in [-0.39, 0.29) is 5.91 Å². The maximum Gasteiger partial charge on any atom is 0.255 e. The summed E-state index contributed by atoms with van der Waals surface area (Å²) in [7, 11) is 3.11. The van der Waals surface area contributed by atoms with Crippen molar-refractivity contribution in [1.82, 2.24) is 14.8 Å². The predicted molar refractivity (Wildman–Crippen MR) is 145 cm³/mol. The second kappa shape index (κ2) is 10.9. The molecule has 0 aliphatic carbocycles. The van der Waals surface area contributed by atoms with Gasteiger partial charge in [-0.1, -0.05) is 35.9 Å². The highest BCUT2D eigenvalue weighted by molar-refractivity contribution is 6.30. The molecule has 1 aliphatic rings. The summed E-state index contributed by atoms with van der Waals surface area (Å²) in [6.45, 7) is 2.21. The Labute approximate surface area is 225 Å².